The predicted octanol–water partition coefficient (Wildman–Crippen LogP) is 3.04. The van der Waals surface area contributed by atoms with Crippen LogP contribution in [-0.4, -0.2) is 23.2 Å². The first kappa shape index (κ1) is 17.0. The molecule has 0 aliphatic carbocycles. The molecule has 0 aliphatic rings. The van der Waals surface area contributed by atoms with Gasteiger partial charge in [0.15, 0.2) is 10.7 Å². The summed E-state index contributed by atoms with van der Waals surface area (Å²) in [4.78, 5) is -1.02. The van der Waals surface area contributed by atoms with Gasteiger partial charge in [0.25, 0.3) is 10.0 Å². The molecule has 0 unspecified atom stereocenters. The second kappa shape index (κ2) is 6.60. The van der Waals surface area contributed by atoms with Crippen molar-refractivity contribution in [2.24, 2.45) is 0 Å². The van der Waals surface area contributed by atoms with Crippen molar-refractivity contribution < 1.29 is 17.2 Å². The molecule has 25 heavy (non-hydrogen) atoms. The topological polar surface area (TPSA) is 76.9 Å². The van der Waals surface area contributed by atoms with Crippen LogP contribution in [0.3, 0.4) is 0 Å². The Morgan fingerprint density at radius 2 is 1.80 bits per heavy atom. The van der Waals surface area contributed by atoms with Gasteiger partial charge in [-0.2, -0.15) is 0 Å². The van der Waals surface area contributed by atoms with Crippen LogP contribution in [0.15, 0.2) is 53.7 Å². The number of anilines is 1. The highest BCUT2D eigenvalue weighted by Gasteiger charge is 2.24. The van der Waals surface area contributed by atoms with E-state index in [0.29, 0.717) is 17.9 Å². The fraction of sp³-hybridized carbons (Fsp3) is 0.125. The molecule has 0 radical (unpaired) electrons. The smallest absolute Gasteiger partial charge is 0.267 e. The van der Waals surface area contributed by atoms with Crippen molar-refractivity contribution in [1.29, 1.82) is 0 Å². The van der Waals surface area contributed by atoms with Gasteiger partial charge in [-0.3, -0.25) is 4.72 Å². The first-order valence-corrected chi connectivity index (χ1v) is 8.86. The van der Waals surface area contributed by atoms with E-state index in [4.69, 9.17) is 0 Å². The van der Waals surface area contributed by atoms with Crippen molar-refractivity contribution >= 4 is 15.7 Å². The van der Waals surface area contributed by atoms with E-state index in [2.05, 4.69) is 14.9 Å². The second-order valence-corrected chi connectivity index (χ2v) is 6.80. The Labute approximate surface area is 143 Å². The minimum atomic E-state index is -4.42. The van der Waals surface area contributed by atoms with Gasteiger partial charge in [0.2, 0.25) is 0 Å². The van der Waals surface area contributed by atoms with Crippen molar-refractivity contribution in [2.45, 2.75) is 18.4 Å². The Morgan fingerprint density at radius 3 is 2.48 bits per heavy atom. The number of benzene rings is 2. The fourth-order valence-electron chi connectivity index (χ4n) is 2.38. The second-order valence-electron chi connectivity index (χ2n) is 5.18. The zero-order valence-electron chi connectivity index (χ0n) is 13.1. The van der Waals surface area contributed by atoms with E-state index in [1.807, 2.05) is 6.92 Å². The number of hydrogen-bond acceptors (Lipinski definition) is 4. The number of sulfonamides is 1. The normalized spacial score (nSPS) is 11.5. The van der Waals surface area contributed by atoms with E-state index in [-0.39, 0.29) is 5.69 Å². The molecule has 2 aromatic carbocycles. The molecule has 0 fully saturated rings. The van der Waals surface area contributed by atoms with Gasteiger partial charge in [0, 0.05) is 17.8 Å². The van der Waals surface area contributed by atoms with Crippen LogP contribution in [0.4, 0.5) is 14.5 Å². The third-order valence-electron chi connectivity index (χ3n) is 3.52. The Kier molecular flexibility index (Phi) is 4.49. The molecular formula is C16H14F2N4O2S. The van der Waals surface area contributed by atoms with Crippen molar-refractivity contribution in [3.8, 4) is 11.4 Å². The molecular weight excluding hydrogens is 350 g/mol. The Morgan fingerprint density at radius 1 is 1.12 bits per heavy atom. The van der Waals surface area contributed by atoms with E-state index >= 15 is 0 Å². The molecule has 6 nitrogen and oxygen atoms in total. The molecule has 0 amide bonds. The summed E-state index contributed by atoms with van der Waals surface area (Å²) in [6.07, 6.45) is 1.56. The standard InChI is InChI=1S/C16H14F2N4O2S/c1-2-22-10-19-20-16(22)11-5-3-6-12(9-11)21-25(23,24)15-13(17)7-4-8-14(15)18/h3-10,21H,2H2,1H3. The number of nitrogens with one attached hydrogen (secondary N) is 1. The van der Waals surface area contributed by atoms with Crippen LogP contribution < -0.4 is 4.72 Å². The minimum absolute atomic E-state index is 0.158. The van der Waals surface area contributed by atoms with Crippen LogP contribution in [0.1, 0.15) is 6.92 Å². The van der Waals surface area contributed by atoms with Gasteiger partial charge < -0.3 is 4.57 Å². The van der Waals surface area contributed by atoms with Crippen LogP contribution in [0.25, 0.3) is 11.4 Å². The molecule has 1 heterocycles. The van der Waals surface area contributed by atoms with Crippen LogP contribution in [0.2, 0.25) is 0 Å². The Bertz CT molecular complexity index is 998. The average molecular weight is 364 g/mol. The van der Waals surface area contributed by atoms with Crippen LogP contribution in [0.5, 0.6) is 0 Å². The third-order valence-corrected chi connectivity index (χ3v) is 4.95. The highest BCUT2D eigenvalue weighted by molar-refractivity contribution is 7.92. The summed E-state index contributed by atoms with van der Waals surface area (Å²) in [6, 6.07) is 9.22. The molecule has 1 N–H and O–H groups in total. The average Bonchev–Trinajstić information content (AvgIpc) is 3.03. The first-order valence-electron chi connectivity index (χ1n) is 7.37. The largest absolute Gasteiger partial charge is 0.314 e. The number of aryl methyl sites for hydroxylation is 1. The summed E-state index contributed by atoms with van der Waals surface area (Å²) in [6.45, 7) is 2.55. The van der Waals surface area contributed by atoms with E-state index in [1.165, 1.54) is 12.1 Å². The van der Waals surface area contributed by atoms with Crippen molar-refractivity contribution in [3.63, 3.8) is 0 Å². The summed E-state index contributed by atoms with van der Waals surface area (Å²) in [5.41, 5.74) is 0.777. The summed E-state index contributed by atoms with van der Waals surface area (Å²) in [7, 11) is -4.42. The first-order chi connectivity index (χ1) is 11.9. The Hall–Kier alpha value is -2.81. The molecule has 0 atom stereocenters. The van der Waals surface area contributed by atoms with Gasteiger partial charge in [0.1, 0.15) is 18.0 Å². The van der Waals surface area contributed by atoms with Crippen molar-refractivity contribution in [2.75, 3.05) is 4.72 Å². The number of hydrogen-bond donors (Lipinski definition) is 1. The van der Waals surface area contributed by atoms with E-state index in [1.54, 1.807) is 23.0 Å². The molecule has 0 saturated heterocycles. The summed E-state index contributed by atoms with van der Waals surface area (Å²) in [5.74, 6) is -1.76. The van der Waals surface area contributed by atoms with E-state index in [0.717, 1.165) is 18.2 Å². The van der Waals surface area contributed by atoms with Crippen LogP contribution >= 0.6 is 0 Å². The summed E-state index contributed by atoms with van der Waals surface area (Å²) >= 11 is 0. The van der Waals surface area contributed by atoms with Crippen LogP contribution in [-0.2, 0) is 16.6 Å². The monoisotopic (exact) mass is 364 g/mol. The van der Waals surface area contributed by atoms with Gasteiger partial charge in [-0.25, -0.2) is 17.2 Å². The lowest BCUT2D eigenvalue weighted by Crippen LogP contribution is -2.16. The fourth-order valence-corrected chi connectivity index (χ4v) is 3.57. The molecule has 0 aliphatic heterocycles. The van der Waals surface area contributed by atoms with Gasteiger partial charge in [-0.1, -0.05) is 18.2 Å². The van der Waals surface area contributed by atoms with Gasteiger partial charge in [0.05, 0.1) is 0 Å². The van der Waals surface area contributed by atoms with Crippen LogP contribution in [0, 0.1) is 11.6 Å². The summed E-state index contributed by atoms with van der Waals surface area (Å²) < 4.78 is 56.2. The lowest BCUT2D eigenvalue weighted by atomic mass is 10.2. The molecule has 1 aromatic heterocycles. The zero-order chi connectivity index (χ0) is 18.0. The van der Waals surface area contributed by atoms with Gasteiger partial charge in [-0.05, 0) is 31.2 Å². The van der Waals surface area contributed by atoms with Gasteiger partial charge >= 0.3 is 0 Å². The quantitative estimate of drug-likeness (QED) is 0.755. The maximum Gasteiger partial charge on any atom is 0.267 e. The number of rotatable bonds is 5. The lowest BCUT2D eigenvalue weighted by molar-refractivity contribution is 0.521. The highest BCUT2D eigenvalue weighted by Crippen LogP contribution is 2.25. The maximum absolute atomic E-state index is 13.8. The summed E-state index contributed by atoms with van der Waals surface area (Å²) in [5, 5.41) is 7.82. The van der Waals surface area contributed by atoms with Gasteiger partial charge in [-0.15, -0.1) is 10.2 Å². The van der Waals surface area contributed by atoms with E-state index < -0.39 is 26.6 Å². The predicted molar refractivity (Wildman–Crippen MR) is 88.3 cm³/mol. The number of aromatic nitrogens is 3. The molecule has 0 saturated carbocycles. The molecule has 3 rings (SSSR count). The number of halogens is 2. The SMILES string of the molecule is CCn1cnnc1-c1cccc(NS(=O)(=O)c2c(F)cccc2F)c1. The Balaban J connectivity index is 1.98. The molecule has 3 aromatic rings. The molecule has 0 spiro atoms. The number of nitrogens with zero attached hydrogens (tertiary/aromatic N) is 3. The minimum Gasteiger partial charge on any atom is -0.314 e. The highest BCUT2D eigenvalue weighted by atomic mass is 32.2. The zero-order valence-corrected chi connectivity index (χ0v) is 14.0. The third kappa shape index (κ3) is 3.36. The van der Waals surface area contributed by atoms with E-state index in [9.17, 15) is 17.2 Å². The molecule has 9 heteroatoms. The molecule has 0 bridgehead atoms. The lowest BCUT2D eigenvalue weighted by Gasteiger charge is -2.11. The van der Waals surface area contributed by atoms with Crippen molar-refractivity contribution in [1.82, 2.24) is 14.8 Å². The maximum atomic E-state index is 13.8. The van der Waals surface area contributed by atoms with Crippen molar-refractivity contribution in [3.05, 3.63) is 60.4 Å². The molecule has 130 valence electrons.